The summed E-state index contributed by atoms with van der Waals surface area (Å²) in [5, 5.41) is 0. The van der Waals surface area contributed by atoms with Gasteiger partial charge in [0.25, 0.3) is 0 Å². The quantitative estimate of drug-likeness (QED) is 0.747. The zero-order valence-corrected chi connectivity index (χ0v) is 11.9. The molecular weight excluding hydrogens is 246 g/mol. The molecule has 0 aliphatic rings. The lowest BCUT2D eigenvalue weighted by Crippen LogP contribution is -2.15. The Morgan fingerprint density at radius 2 is 1.60 bits per heavy atom. The van der Waals surface area contributed by atoms with Crippen LogP contribution in [0.1, 0.15) is 29.3 Å². The van der Waals surface area contributed by atoms with Crippen LogP contribution in [-0.2, 0) is 0 Å². The summed E-state index contributed by atoms with van der Waals surface area (Å²) in [5.41, 5.74) is 4.00. The Kier molecular flexibility index (Phi) is 4.72. The number of rotatable bonds is 5. The molecule has 0 atom stereocenters. The Labute approximate surface area is 120 Å². The van der Waals surface area contributed by atoms with Crippen molar-refractivity contribution in [3.8, 4) is 0 Å². The Hall–Kier alpha value is -2.35. The van der Waals surface area contributed by atoms with E-state index >= 15 is 0 Å². The molecule has 0 radical (unpaired) electrons. The van der Waals surface area contributed by atoms with Crippen LogP contribution in [0.4, 0.5) is 5.69 Å². The molecule has 2 rings (SSSR count). The van der Waals surface area contributed by atoms with E-state index in [2.05, 4.69) is 30.0 Å². The Bertz CT molecular complexity index is 602. The van der Waals surface area contributed by atoms with Gasteiger partial charge in [0.1, 0.15) is 0 Å². The number of carbonyl (C=O) groups is 1. The first-order valence-electron chi connectivity index (χ1n) is 6.79. The summed E-state index contributed by atoms with van der Waals surface area (Å²) < 4.78 is 0. The molecule has 2 aromatic carbocycles. The fourth-order valence-electron chi connectivity index (χ4n) is 2.18. The first-order valence-corrected chi connectivity index (χ1v) is 6.79. The molecule has 0 spiro atoms. The number of aldehydes is 1. The zero-order valence-electron chi connectivity index (χ0n) is 11.9. The standard InChI is InChI=1S/C18H19NO/c1-3-17(19(2)18-11-5-4-6-12-18)13-15-9-7-8-10-16(15)14-20/h4-14H,3H2,1-2H3/b17-13-. The minimum absolute atomic E-state index is 0.722. The summed E-state index contributed by atoms with van der Waals surface area (Å²) in [6, 6.07) is 17.9. The second-order valence-corrected chi connectivity index (χ2v) is 4.63. The van der Waals surface area contributed by atoms with Crippen molar-refractivity contribution in [2.45, 2.75) is 13.3 Å². The van der Waals surface area contributed by atoms with Gasteiger partial charge in [-0.25, -0.2) is 0 Å². The monoisotopic (exact) mass is 265 g/mol. The van der Waals surface area contributed by atoms with Crippen molar-refractivity contribution < 1.29 is 4.79 Å². The van der Waals surface area contributed by atoms with E-state index in [1.165, 1.54) is 5.70 Å². The minimum atomic E-state index is 0.722. The Balaban J connectivity index is 2.36. The molecule has 2 heteroatoms. The summed E-state index contributed by atoms with van der Waals surface area (Å²) in [4.78, 5) is 13.2. The van der Waals surface area contributed by atoms with Gasteiger partial charge in [0.05, 0.1) is 0 Å². The molecule has 0 aliphatic heterocycles. The highest BCUT2D eigenvalue weighted by Gasteiger charge is 2.06. The number of anilines is 1. The van der Waals surface area contributed by atoms with Crippen molar-refractivity contribution in [1.29, 1.82) is 0 Å². The van der Waals surface area contributed by atoms with Gasteiger partial charge >= 0.3 is 0 Å². The number of carbonyl (C=O) groups excluding carboxylic acids is 1. The summed E-state index contributed by atoms with van der Waals surface area (Å²) in [7, 11) is 2.05. The highest BCUT2D eigenvalue weighted by molar-refractivity contribution is 5.82. The van der Waals surface area contributed by atoms with Crippen LogP contribution < -0.4 is 4.90 Å². The highest BCUT2D eigenvalue weighted by Crippen LogP contribution is 2.21. The van der Waals surface area contributed by atoms with E-state index in [0.29, 0.717) is 0 Å². The molecule has 0 aliphatic carbocycles. The number of hydrogen-bond acceptors (Lipinski definition) is 2. The smallest absolute Gasteiger partial charge is 0.150 e. The largest absolute Gasteiger partial charge is 0.348 e. The van der Waals surface area contributed by atoms with Crippen LogP contribution in [0.5, 0.6) is 0 Å². The van der Waals surface area contributed by atoms with Crippen molar-refractivity contribution >= 4 is 18.0 Å². The molecule has 0 amide bonds. The van der Waals surface area contributed by atoms with Crippen LogP contribution in [0, 0.1) is 0 Å². The third kappa shape index (κ3) is 3.15. The fourth-order valence-corrected chi connectivity index (χ4v) is 2.18. The molecule has 2 aromatic rings. The van der Waals surface area contributed by atoms with E-state index in [1.54, 1.807) is 0 Å². The molecule has 0 N–H and O–H groups in total. The van der Waals surface area contributed by atoms with E-state index in [1.807, 2.05) is 49.5 Å². The van der Waals surface area contributed by atoms with Crippen molar-refractivity contribution in [3.63, 3.8) is 0 Å². The highest BCUT2D eigenvalue weighted by atomic mass is 16.1. The van der Waals surface area contributed by atoms with Crippen LogP contribution in [0.3, 0.4) is 0 Å². The SMILES string of the molecule is CC/C(=C/c1ccccc1C=O)N(C)c1ccccc1. The lowest BCUT2D eigenvalue weighted by molar-refractivity contribution is 0.112. The summed E-state index contributed by atoms with van der Waals surface area (Å²) in [6.45, 7) is 2.12. The van der Waals surface area contributed by atoms with Gasteiger partial charge in [-0.3, -0.25) is 4.79 Å². The molecule has 0 fully saturated rings. The van der Waals surface area contributed by atoms with Gasteiger partial charge in [0, 0.05) is 24.0 Å². The predicted molar refractivity (Wildman–Crippen MR) is 84.9 cm³/mol. The van der Waals surface area contributed by atoms with E-state index in [9.17, 15) is 4.79 Å². The average molecular weight is 265 g/mol. The number of hydrogen-bond donors (Lipinski definition) is 0. The topological polar surface area (TPSA) is 20.3 Å². The van der Waals surface area contributed by atoms with Gasteiger partial charge in [-0.1, -0.05) is 49.4 Å². The second-order valence-electron chi connectivity index (χ2n) is 4.63. The number of benzene rings is 2. The maximum Gasteiger partial charge on any atom is 0.150 e. The van der Waals surface area contributed by atoms with E-state index in [4.69, 9.17) is 0 Å². The molecule has 2 nitrogen and oxygen atoms in total. The molecule has 20 heavy (non-hydrogen) atoms. The Morgan fingerprint density at radius 3 is 2.20 bits per heavy atom. The molecule has 0 bridgehead atoms. The van der Waals surface area contributed by atoms with Crippen LogP contribution in [0.2, 0.25) is 0 Å². The summed E-state index contributed by atoms with van der Waals surface area (Å²) >= 11 is 0. The molecule has 0 heterocycles. The van der Waals surface area contributed by atoms with E-state index in [0.717, 1.165) is 29.5 Å². The number of nitrogens with zero attached hydrogens (tertiary/aromatic N) is 1. The molecule has 0 saturated heterocycles. The normalized spacial score (nSPS) is 11.2. The average Bonchev–Trinajstić information content (AvgIpc) is 2.53. The number of allylic oxidation sites excluding steroid dienone is 1. The Morgan fingerprint density at radius 1 is 1.00 bits per heavy atom. The zero-order chi connectivity index (χ0) is 14.4. The van der Waals surface area contributed by atoms with Crippen molar-refractivity contribution in [2.24, 2.45) is 0 Å². The molecule has 0 aromatic heterocycles. The van der Waals surface area contributed by atoms with Gasteiger partial charge in [0.2, 0.25) is 0 Å². The summed E-state index contributed by atoms with van der Waals surface area (Å²) in [5.74, 6) is 0. The minimum Gasteiger partial charge on any atom is -0.348 e. The lowest BCUT2D eigenvalue weighted by Gasteiger charge is -2.22. The molecular formula is C18H19NO. The third-order valence-corrected chi connectivity index (χ3v) is 3.38. The van der Waals surface area contributed by atoms with Gasteiger partial charge in [0.15, 0.2) is 6.29 Å². The van der Waals surface area contributed by atoms with Crippen LogP contribution >= 0.6 is 0 Å². The fraction of sp³-hybridized carbons (Fsp3) is 0.167. The summed E-state index contributed by atoms with van der Waals surface area (Å²) in [6.07, 6.45) is 3.89. The first kappa shape index (κ1) is 14.1. The van der Waals surface area contributed by atoms with Crippen LogP contribution in [0.25, 0.3) is 6.08 Å². The van der Waals surface area contributed by atoms with Crippen molar-refractivity contribution in [1.82, 2.24) is 0 Å². The third-order valence-electron chi connectivity index (χ3n) is 3.38. The van der Waals surface area contributed by atoms with E-state index in [-0.39, 0.29) is 0 Å². The van der Waals surface area contributed by atoms with Gasteiger partial charge in [-0.2, -0.15) is 0 Å². The van der Waals surface area contributed by atoms with Crippen LogP contribution in [-0.4, -0.2) is 13.3 Å². The first-order chi connectivity index (χ1) is 9.76. The maximum absolute atomic E-state index is 11.1. The molecule has 0 saturated carbocycles. The van der Waals surface area contributed by atoms with Gasteiger partial charge < -0.3 is 4.90 Å². The van der Waals surface area contributed by atoms with Crippen LogP contribution in [0.15, 0.2) is 60.3 Å². The predicted octanol–water partition coefficient (Wildman–Crippen LogP) is 4.39. The van der Waals surface area contributed by atoms with Crippen molar-refractivity contribution in [2.75, 3.05) is 11.9 Å². The second kappa shape index (κ2) is 6.71. The van der Waals surface area contributed by atoms with E-state index < -0.39 is 0 Å². The van der Waals surface area contributed by atoms with Gasteiger partial charge in [-0.05, 0) is 30.2 Å². The molecule has 102 valence electrons. The van der Waals surface area contributed by atoms with Crippen molar-refractivity contribution in [3.05, 3.63) is 71.4 Å². The lowest BCUT2D eigenvalue weighted by atomic mass is 10.1. The molecule has 0 unspecified atom stereocenters. The number of para-hydroxylation sites is 1. The maximum atomic E-state index is 11.1. The van der Waals surface area contributed by atoms with Gasteiger partial charge in [-0.15, -0.1) is 0 Å².